The van der Waals surface area contributed by atoms with Crippen molar-refractivity contribution in [1.82, 2.24) is 14.9 Å². The van der Waals surface area contributed by atoms with Crippen molar-refractivity contribution in [1.29, 1.82) is 0 Å². The first-order valence-corrected chi connectivity index (χ1v) is 7.73. The van der Waals surface area contributed by atoms with Gasteiger partial charge >= 0.3 is 0 Å². The lowest BCUT2D eigenvalue weighted by atomic mass is 10.2. The molecule has 20 heavy (non-hydrogen) atoms. The minimum Gasteiger partial charge on any atom is -0.369 e. The molecule has 0 saturated carbocycles. The standard InChI is InChI=1S/C15H27ClN4/c1-10(2)15-18-13(16)9-14(19-15)17-7-8-20(11(3)4)12(5)6/h9-12H,7-8H2,1-6H3,(H,17,18,19). The van der Waals surface area contributed by atoms with Gasteiger partial charge in [0, 0.05) is 37.2 Å². The molecule has 0 atom stereocenters. The largest absolute Gasteiger partial charge is 0.369 e. The Morgan fingerprint density at radius 1 is 1.10 bits per heavy atom. The maximum atomic E-state index is 6.03. The van der Waals surface area contributed by atoms with E-state index in [1.807, 2.05) is 0 Å². The SMILES string of the molecule is CC(C)c1nc(Cl)cc(NCCN(C(C)C)C(C)C)n1. The average molecular weight is 299 g/mol. The van der Waals surface area contributed by atoms with E-state index >= 15 is 0 Å². The van der Waals surface area contributed by atoms with E-state index in [9.17, 15) is 0 Å². The highest BCUT2D eigenvalue weighted by molar-refractivity contribution is 6.29. The Hall–Kier alpha value is -0.870. The monoisotopic (exact) mass is 298 g/mol. The second-order valence-electron chi connectivity index (χ2n) is 5.94. The highest BCUT2D eigenvalue weighted by Gasteiger charge is 2.13. The fraction of sp³-hybridized carbons (Fsp3) is 0.733. The van der Waals surface area contributed by atoms with Crippen LogP contribution in [0, 0.1) is 0 Å². The summed E-state index contributed by atoms with van der Waals surface area (Å²) < 4.78 is 0. The van der Waals surface area contributed by atoms with Crippen LogP contribution < -0.4 is 5.32 Å². The van der Waals surface area contributed by atoms with Gasteiger partial charge in [0.05, 0.1) is 0 Å². The minimum atomic E-state index is 0.275. The summed E-state index contributed by atoms with van der Waals surface area (Å²) in [4.78, 5) is 11.2. The number of anilines is 1. The lowest BCUT2D eigenvalue weighted by Gasteiger charge is -2.30. The van der Waals surface area contributed by atoms with Crippen molar-refractivity contribution in [3.05, 3.63) is 17.0 Å². The van der Waals surface area contributed by atoms with Crippen LogP contribution in [0.4, 0.5) is 5.82 Å². The molecule has 0 spiro atoms. The normalized spacial score (nSPS) is 11.9. The summed E-state index contributed by atoms with van der Waals surface area (Å²) in [6.45, 7) is 14.8. The van der Waals surface area contributed by atoms with Gasteiger partial charge in [-0.1, -0.05) is 25.4 Å². The van der Waals surface area contributed by atoms with Crippen molar-refractivity contribution < 1.29 is 0 Å². The van der Waals surface area contributed by atoms with Crippen molar-refractivity contribution in [3.8, 4) is 0 Å². The van der Waals surface area contributed by atoms with Crippen LogP contribution in [0.2, 0.25) is 5.15 Å². The van der Waals surface area contributed by atoms with E-state index in [1.54, 1.807) is 6.07 Å². The molecule has 1 N–H and O–H groups in total. The molecule has 0 amide bonds. The summed E-state index contributed by atoms with van der Waals surface area (Å²) in [6.07, 6.45) is 0. The molecule has 0 aliphatic heterocycles. The maximum Gasteiger partial charge on any atom is 0.135 e. The molecule has 0 saturated heterocycles. The third kappa shape index (κ3) is 5.25. The van der Waals surface area contributed by atoms with Gasteiger partial charge in [0.25, 0.3) is 0 Å². The van der Waals surface area contributed by atoms with Gasteiger partial charge in [0.2, 0.25) is 0 Å². The van der Waals surface area contributed by atoms with Crippen LogP contribution in [0.3, 0.4) is 0 Å². The van der Waals surface area contributed by atoms with E-state index in [0.29, 0.717) is 17.2 Å². The zero-order valence-corrected chi connectivity index (χ0v) is 14.2. The van der Waals surface area contributed by atoms with E-state index in [-0.39, 0.29) is 5.92 Å². The molecule has 1 aromatic heterocycles. The summed E-state index contributed by atoms with van der Waals surface area (Å²) >= 11 is 6.03. The molecule has 5 heteroatoms. The minimum absolute atomic E-state index is 0.275. The Bertz CT molecular complexity index is 410. The third-order valence-electron chi connectivity index (χ3n) is 3.23. The second-order valence-corrected chi connectivity index (χ2v) is 6.33. The predicted octanol–water partition coefficient (Wildman–Crippen LogP) is 3.78. The van der Waals surface area contributed by atoms with Crippen LogP contribution >= 0.6 is 11.6 Å². The maximum absolute atomic E-state index is 6.03. The Morgan fingerprint density at radius 2 is 1.70 bits per heavy atom. The van der Waals surface area contributed by atoms with Crippen molar-refractivity contribution in [2.45, 2.75) is 59.5 Å². The summed E-state index contributed by atoms with van der Waals surface area (Å²) in [5.41, 5.74) is 0. The smallest absolute Gasteiger partial charge is 0.135 e. The molecule has 0 radical (unpaired) electrons. The highest BCUT2D eigenvalue weighted by Crippen LogP contribution is 2.16. The van der Waals surface area contributed by atoms with Crippen LogP contribution in [-0.4, -0.2) is 40.0 Å². The topological polar surface area (TPSA) is 41.1 Å². The number of aromatic nitrogens is 2. The molecular formula is C15H27ClN4. The first-order valence-electron chi connectivity index (χ1n) is 7.35. The number of hydrogen-bond donors (Lipinski definition) is 1. The number of rotatable bonds is 7. The number of hydrogen-bond acceptors (Lipinski definition) is 4. The zero-order chi connectivity index (χ0) is 15.3. The molecule has 0 aliphatic rings. The zero-order valence-electron chi connectivity index (χ0n) is 13.4. The highest BCUT2D eigenvalue weighted by atomic mass is 35.5. The third-order valence-corrected chi connectivity index (χ3v) is 3.42. The van der Waals surface area contributed by atoms with E-state index in [1.165, 1.54) is 0 Å². The van der Waals surface area contributed by atoms with Gasteiger partial charge in [0.15, 0.2) is 0 Å². The molecule has 1 aromatic rings. The fourth-order valence-electron chi connectivity index (χ4n) is 2.21. The van der Waals surface area contributed by atoms with E-state index < -0.39 is 0 Å². The van der Waals surface area contributed by atoms with Gasteiger partial charge in [0.1, 0.15) is 16.8 Å². The molecule has 0 unspecified atom stereocenters. The number of nitrogens with zero attached hydrogens (tertiary/aromatic N) is 3. The fourth-order valence-corrected chi connectivity index (χ4v) is 2.40. The average Bonchev–Trinajstić information content (AvgIpc) is 2.32. The predicted molar refractivity (Wildman–Crippen MR) is 86.6 cm³/mol. The Balaban J connectivity index is 2.61. The molecule has 0 aromatic carbocycles. The van der Waals surface area contributed by atoms with Gasteiger partial charge in [-0.15, -0.1) is 0 Å². The first kappa shape index (κ1) is 17.2. The molecule has 0 aliphatic carbocycles. The summed E-state index contributed by atoms with van der Waals surface area (Å²) in [7, 11) is 0. The number of halogens is 1. The van der Waals surface area contributed by atoms with Gasteiger partial charge in [-0.3, -0.25) is 4.90 Å². The molecule has 0 fully saturated rings. The van der Waals surface area contributed by atoms with E-state index in [0.717, 1.165) is 24.7 Å². The van der Waals surface area contributed by atoms with Crippen LogP contribution in [0.5, 0.6) is 0 Å². The van der Waals surface area contributed by atoms with Gasteiger partial charge in [-0.25, -0.2) is 9.97 Å². The van der Waals surface area contributed by atoms with Crippen LogP contribution in [0.25, 0.3) is 0 Å². The van der Waals surface area contributed by atoms with Crippen molar-refractivity contribution in [3.63, 3.8) is 0 Å². The van der Waals surface area contributed by atoms with E-state index in [2.05, 4.69) is 61.7 Å². The molecular weight excluding hydrogens is 272 g/mol. The van der Waals surface area contributed by atoms with Gasteiger partial charge in [-0.2, -0.15) is 0 Å². The molecule has 4 nitrogen and oxygen atoms in total. The summed E-state index contributed by atoms with van der Waals surface area (Å²) in [5.74, 6) is 1.86. The molecule has 114 valence electrons. The number of nitrogens with one attached hydrogen (secondary N) is 1. The van der Waals surface area contributed by atoms with Crippen molar-refractivity contribution >= 4 is 17.4 Å². The molecule has 0 bridgehead atoms. The molecule has 1 heterocycles. The van der Waals surface area contributed by atoms with Gasteiger partial charge < -0.3 is 5.32 Å². The molecule has 1 rings (SSSR count). The second kappa shape index (κ2) is 7.79. The summed E-state index contributed by atoms with van der Waals surface area (Å²) in [6, 6.07) is 2.86. The van der Waals surface area contributed by atoms with Gasteiger partial charge in [-0.05, 0) is 27.7 Å². The lowest BCUT2D eigenvalue weighted by molar-refractivity contribution is 0.182. The van der Waals surface area contributed by atoms with Crippen LogP contribution in [-0.2, 0) is 0 Å². The summed E-state index contributed by atoms with van der Waals surface area (Å²) in [5, 5.41) is 3.84. The Labute approximate surface area is 127 Å². The quantitative estimate of drug-likeness (QED) is 0.778. The lowest BCUT2D eigenvalue weighted by Crippen LogP contribution is -2.40. The van der Waals surface area contributed by atoms with E-state index in [4.69, 9.17) is 11.6 Å². The Kier molecular flexibility index (Phi) is 6.69. The Morgan fingerprint density at radius 3 is 2.20 bits per heavy atom. The van der Waals surface area contributed by atoms with Crippen molar-refractivity contribution in [2.75, 3.05) is 18.4 Å². The van der Waals surface area contributed by atoms with Crippen molar-refractivity contribution in [2.24, 2.45) is 0 Å². The van der Waals surface area contributed by atoms with Crippen LogP contribution in [0.15, 0.2) is 6.07 Å². The van der Waals surface area contributed by atoms with Crippen LogP contribution in [0.1, 0.15) is 53.3 Å². The first-order chi connectivity index (χ1) is 9.31.